The highest BCUT2D eigenvalue weighted by atomic mass is 79.9. The Morgan fingerprint density at radius 1 is 0.350 bits per heavy atom. The largest absolute Gasteiger partial charge is 1.00 e. The number of alkyl halides is 2. The standard InChI is InChI=1S/C34H42N2O2.C18H20Br2.2BrH/c37-25-5-11-31-9-3-23-35(27-31)21-1-7-29-13-17-33(18-14-29)34-19-15-30(16-20-34)8-2-22-36-24-4-10-32(28-36)12-6-26-38;19-13-1-3-15-5-9-17(10-6-15)18-11-7-16(8-12-18)4-2-14-20;;/h3-4,9-10,13-20,23-24,27-28,37-38H,1-2,5-8,11-12,21-22,25-26H2;5-12H,1-4,13-14H2;2*1H/q+2;;;/p-2. The number of aliphatic hydroxyl groups excluding tert-OH is 2. The number of nitrogens with zero attached hydrogens (tertiary/aromatic N) is 2. The quantitative estimate of drug-likeness (QED) is 0.0739. The zero-order valence-electron chi connectivity index (χ0n) is 34.9. The SMILES string of the molecule is BrCCCc1ccc(-c2ccc(CCCBr)cc2)cc1.OCCCc1ccc[n+](CCCc2ccc(-c3ccc(CCC[n+]4cccc(CCCO)c4)cc3)cc2)c1.[Br-].[Br-]. The smallest absolute Gasteiger partial charge is 0.171 e. The number of hydrogen-bond donors (Lipinski definition) is 2. The van der Waals surface area contributed by atoms with Gasteiger partial charge in [-0.25, -0.2) is 9.13 Å². The minimum Gasteiger partial charge on any atom is -1.00 e. The first-order valence-electron chi connectivity index (χ1n) is 21.2. The number of aryl methyl sites for hydroxylation is 8. The Kier molecular flexibility index (Phi) is 25.8. The van der Waals surface area contributed by atoms with E-state index in [0.29, 0.717) is 0 Å². The van der Waals surface area contributed by atoms with E-state index in [2.05, 4.69) is 187 Å². The zero-order valence-corrected chi connectivity index (χ0v) is 41.2. The maximum atomic E-state index is 9.05. The van der Waals surface area contributed by atoms with E-state index in [0.717, 1.165) is 88.0 Å². The number of hydrogen-bond acceptors (Lipinski definition) is 2. The highest BCUT2D eigenvalue weighted by molar-refractivity contribution is 9.09. The lowest BCUT2D eigenvalue weighted by molar-refractivity contribution is -0.697. The van der Waals surface area contributed by atoms with Gasteiger partial charge in [0, 0.05) is 60.0 Å². The highest BCUT2D eigenvalue weighted by Gasteiger charge is 2.07. The zero-order chi connectivity index (χ0) is 40.6. The predicted molar refractivity (Wildman–Crippen MR) is 249 cm³/mol. The van der Waals surface area contributed by atoms with Gasteiger partial charge in [0.1, 0.15) is 13.1 Å². The molecule has 4 nitrogen and oxygen atoms in total. The van der Waals surface area contributed by atoms with E-state index in [1.807, 2.05) is 0 Å². The number of pyridine rings is 2. The Bertz CT molecular complexity index is 1870. The van der Waals surface area contributed by atoms with Gasteiger partial charge in [0.15, 0.2) is 24.8 Å². The molecule has 0 saturated heterocycles. The Labute approximate surface area is 397 Å². The summed E-state index contributed by atoms with van der Waals surface area (Å²) in [6.45, 7) is 2.50. The third-order valence-corrected chi connectivity index (χ3v) is 11.7. The molecule has 6 rings (SSSR count). The second kappa shape index (κ2) is 30.1. The summed E-state index contributed by atoms with van der Waals surface area (Å²) in [6.07, 6.45) is 21.2. The third-order valence-electron chi connectivity index (χ3n) is 10.5. The lowest BCUT2D eigenvalue weighted by atomic mass is 10.00. The third kappa shape index (κ3) is 18.6. The molecule has 0 bridgehead atoms. The van der Waals surface area contributed by atoms with Crippen molar-refractivity contribution in [1.29, 1.82) is 0 Å². The van der Waals surface area contributed by atoms with Gasteiger partial charge in [-0.3, -0.25) is 0 Å². The monoisotopic (exact) mass is 1060 g/mol. The van der Waals surface area contributed by atoms with Crippen molar-refractivity contribution in [2.24, 2.45) is 0 Å². The molecule has 0 spiro atoms. The first-order valence-corrected chi connectivity index (χ1v) is 23.5. The molecule has 8 heteroatoms. The van der Waals surface area contributed by atoms with Crippen LogP contribution in [0.15, 0.2) is 146 Å². The molecule has 0 radical (unpaired) electrons. The van der Waals surface area contributed by atoms with Gasteiger partial charge in [-0.2, -0.15) is 0 Å². The van der Waals surface area contributed by atoms with E-state index >= 15 is 0 Å². The van der Waals surface area contributed by atoms with Crippen LogP contribution in [-0.4, -0.2) is 34.1 Å². The lowest BCUT2D eigenvalue weighted by Gasteiger charge is -2.06. The Balaban J connectivity index is 0.000000370. The number of aromatic nitrogens is 2. The predicted octanol–water partition coefficient (Wildman–Crippen LogP) is 5.06. The van der Waals surface area contributed by atoms with Gasteiger partial charge >= 0.3 is 0 Å². The van der Waals surface area contributed by atoms with Crippen LogP contribution in [0.4, 0.5) is 0 Å². The lowest BCUT2D eigenvalue weighted by Crippen LogP contribution is -3.00. The molecule has 0 saturated carbocycles. The van der Waals surface area contributed by atoms with Crippen molar-refractivity contribution in [2.75, 3.05) is 23.9 Å². The van der Waals surface area contributed by atoms with Crippen molar-refractivity contribution in [3.63, 3.8) is 0 Å². The maximum absolute atomic E-state index is 9.05. The van der Waals surface area contributed by atoms with E-state index < -0.39 is 0 Å². The fraction of sp³-hybridized carbons (Fsp3) is 0.346. The van der Waals surface area contributed by atoms with Crippen molar-refractivity contribution in [2.45, 2.75) is 90.1 Å². The van der Waals surface area contributed by atoms with Gasteiger partial charge in [0.25, 0.3) is 0 Å². The molecule has 2 aromatic heterocycles. The van der Waals surface area contributed by atoms with Crippen LogP contribution in [0.1, 0.15) is 71.9 Å². The minimum absolute atomic E-state index is 0. The Morgan fingerprint density at radius 3 is 0.917 bits per heavy atom. The van der Waals surface area contributed by atoms with Crippen molar-refractivity contribution in [3.8, 4) is 22.3 Å². The van der Waals surface area contributed by atoms with Crippen LogP contribution in [-0.2, 0) is 51.6 Å². The number of benzene rings is 4. The molecule has 320 valence electrons. The van der Waals surface area contributed by atoms with Crippen molar-refractivity contribution < 1.29 is 53.3 Å². The molecule has 0 aliphatic carbocycles. The normalized spacial score (nSPS) is 10.6. The van der Waals surface area contributed by atoms with E-state index in [9.17, 15) is 0 Å². The first kappa shape index (κ1) is 51.4. The van der Waals surface area contributed by atoms with Crippen molar-refractivity contribution in [1.82, 2.24) is 0 Å². The fourth-order valence-electron chi connectivity index (χ4n) is 7.22. The van der Waals surface area contributed by atoms with Crippen molar-refractivity contribution >= 4 is 31.9 Å². The Morgan fingerprint density at radius 2 is 0.633 bits per heavy atom. The van der Waals surface area contributed by atoms with Gasteiger partial charge in [0.2, 0.25) is 0 Å². The molecule has 0 unspecified atom stereocenters. The summed E-state index contributed by atoms with van der Waals surface area (Å²) in [5.74, 6) is 0. The van der Waals surface area contributed by atoms with Gasteiger partial charge in [0.05, 0.1) is 0 Å². The second-order valence-electron chi connectivity index (χ2n) is 15.1. The van der Waals surface area contributed by atoms with Crippen LogP contribution >= 0.6 is 31.9 Å². The summed E-state index contributed by atoms with van der Waals surface area (Å²) in [5.41, 5.74) is 13.3. The molecular formula is C52H62Br4N2O2. The van der Waals surface area contributed by atoms with E-state index in [1.54, 1.807) is 0 Å². The molecule has 60 heavy (non-hydrogen) atoms. The van der Waals surface area contributed by atoms with Crippen LogP contribution in [0, 0.1) is 0 Å². The topological polar surface area (TPSA) is 48.2 Å². The molecule has 2 N–H and O–H groups in total. The van der Waals surface area contributed by atoms with Crippen LogP contribution in [0.5, 0.6) is 0 Å². The highest BCUT2D eigenvalue weighted by Crippen LogP contribution is 2.23. The maximum Gasteiger partial charge on any atom is 0.171 e. The van der Waals surface area contributed by atoms with Gasteiger partial charge in [-0.05, 0) is 121 Å². The average Bonchev–Trinajstić information content (AvgIpc) is 3.27. The number of halogens is 4. The summed E-state index contributed by atoms with van der Waals surface area (Å²) in [4.78, 5) is 0. The van der Waals surface area contributed by atoms with E-state index in [1.165, 1.54) is 68.5 Å². The fourth-order valence-corrected chi connectivity index (χ4v) is 7.78. The molecule has 0 amide bonds. The molecule has 0 aliphatic rings. The summed E-state index contributed by atoms with van der Waals surface area (Å²) in [7, 11) is 0. The van der Waals surface area contributed by atoms with E-state index in [4.69, 9.17) is 10.2 Å². The first-order chi connectivity index (χ1) is 28.6. The summed E-state index contributed by atoms with van der Waals surface area (Å²) in [6, 6.07) is 44.4. The molecule has 4 aromatic carbocycles. The molecular weight excluding hydrogens is 1000 g/mol. The van der Waals surface area contributed by atoms with Crippen LogP contribution in [0.25, 0.3) is 22.3 Å². The van der Waals surface area contributed by atoms with E-state index in [-0.39, 0.29) is 47.2 Å². The van der Waals surface area contributed by atoms with Crippen molar-refractivity contribution in [3.05, 3.63) is 179 Å². The summed E-state index contributed by atoms with van der Waals surface area (Å²) < 4.78 is 4.52. The Hall–Kier alpha value is -2.98. The van der Waals surface area contributed by atoms with Gasteiger partial charge < -0.3 is 44.2 Å². The number of aliphatic hydroxyl groups is 2. The van der Waals surface area contributed by atoms with Gasteiger partial charge in [-0.15, -0.1) is 0 Å². The van der Waals surface area contributed by atoms with Crippen LogP contribution in [0.3, 0.4) is 0 Å². The molecule has 0 atom stereocenters. The van der Waals surface area contributed by atoms with Crippen LogP contribution < -0.4 is 43.1 Å². The van der Waals surface area contributed by atoms with Crippen LogP contribution in [0.2, 0.25) is 0 Å². The summed E-state index contributed by atoms with van der Waals surface area (Å²) in [5, 5.41) is 20.2. The molecule has 0 fully saturated rings. The molecule has 0 aliphatic heterocycles. The second-order valence-corrected chi connectivity index (χ2v) is 16.7. The minimum atomic E-state index is 0. The number of rotatable bonds is 22. The molecule has 2 heterocycles. The summed E-state index contributed by atoms with van der Waals surface area (Å²) >= 11 is 6.96. The molecule has 6 aromatic rings. The average molecular weight is 1070 g/mol. The van der Waals surface area contributed by atoms with Gasteiger partial charge in [-0.1, -0.05) is 129 Å².